The van der Waals surface area contributed by atoms with Crippen LogP contribution in [0.25, 0.3) is 0 Å². The van der Waals surface area contributed by atoms with E-state index in [-0.39, 0.29) is 17.7 Å². The predicted molar refractivity (Wildman–Crippen MR) is 93.1 cm³/mol. The van der Waals surface area contributed by atoms with Crippen molar-refractivity contribution in [1.29, 1.82) is 0 Å². The molecule has 0 atom stereocenters. The van der Waals surface area contributed by atoms with Crippen molar-refractivity contribution in [3.63, 3.8) is 0 Å². The molecule has 0 bridgehead atoms. The average Bonchev–Trinajstić information content (AvgIpc) is 3.38. The number of halogens is 2. The lowest BCUT2D eigenvalue weighted by Crippen LogP contribution is -2.23. The quantitative estimate of drug-likeness (QED) is 0.813. The molecule has 0 spiro atoms. The zero-order valence-electron chi connectivity index (χ0n) is 12.8. The number of hydrogen-bond donors (Lipinski definition) is 2. The molecule has 0 unspecified atom stereocenters. The highest BCUT2D eigenvalue weighted by atomic mass is 79.9. The predicted octanol–water partition coefficient (Wildman–Crippen LogP) is 3.87. The van der Waals surface area contributed by atoms with Gasteiger partial charge in [-0.05, 0) is 64.7 Å². The number of carbonyl (C=O) groups is 2. The maximum absolute atomic E-state index is 13.1. The van der Waals surface area contributed by atoms with E-state index in [1.165, 1.54) is 18.2 Å². The number of amides is 2. The van der Waals surface area contributed by atoms with Crippen molar-refractivity contribution in [1.82, 2.24) is 5.32 Å². The number of rotatable bonds is 5. The van der Waals surface area contributed by atoms with Crippen LogP contribution in [0.15, 0.2) is 46.9 Å². The van der Waals surface area contributed by atoms with Crippen molar-refractivity contribution in [3.8, 4) is 0 Å². The van der Waals surface area contributed by atoms with Gasteiger partial charge in [0.1, 0.15) is 5.82 Å². The van der Waals surface area contributed by atoms with E-state index in [1.54, 1.807) is 0 Å². The summed E-state index contributed by atoms with van der Waals surface area (Å²) in [6.45, 7) is 0.315. The standard InChI is InChI=1S/C18H16BrFN2O2/c19-16-9-13(20)6-7-15(16)18(24)21-10-11-2-1-3-14(8-11)22-17(23)12-4-5-12/h1-3,6-9,12H,4-5,10H2,(H,21,24)(H,22,23). The molecule has 0 saturated heterocycles. The van der Waals surface area contributed by atoms with Crippen molar-refractivity contribution in [2.24, 2.45) is 5.92 Å². The summed E-state index contributed by atoms with van der Waals surface area (Å²) in [7, 11) is 0. The van der Waals surface area contributed by atoms with E-state index in [0.717, 1.165) is 24.1 Å². The Morgan fingerprint density at radius 3 is 2.67 bits per heavy atom. The number of anilines is 1. The SMILES string of the molecule is O=C(NCc1cccc(NC(=O)C2CC2)c1)c1ccc(F)cc1Br. The van der Waals surface area contributed by atoms with Gasteiger partial charge in [0.15, 0.2) is 0 Å². The Balaban J connectivity index is 1.61. The molecule has 1 fully saturated rings. The van der Waals surface area contributed by atoms with Crippen molar-refractivity contribution in [3.05, 3.63) is 63.9 Å². The smallest absolute Gasteiger partial charge is 0.252 e. The third kappa shape index (κ3) is 4.20. The van der Waals surface area contributed by atoms with E-state index >= 15 is 0 Å². The van der Waals surface area contributed by atoms with Gasteiger partial charge in [-0.1, -0.05) is 12.1 Å². The fraction of sp³-hybridized carbons (Fsp3) is 0.222. The molecule has 2 aromatic carbocycles. The molecule has 0 radical (unpaired) electrons. The van der Waals surface area contributed by atoms with Gasteiger partial charge in [-0.25, -0.2) is 4.39 Å². The van der Waals surface area contributed by atoms with E-state index in [0.29, 0.717) is 16.6 Å². The van der Waals surface area contributed by atoms with E-state index in [1.807, 2.05) is 24.3 Å². The fourth-order valence-electron chi connectivity index (χ4n) is 2.30. The van der Waals surface area contributed by atoms with E-state index < -0.39 is 5.82 Å². The minimum absolute atomic E-state index is 0.0476. The summed E-state index contributed by atoms with van der Waals surface area (Å²) < 4.78 is 13.5. The monoisotopic (exact) mass is 390 g/mol. The van der Waals surface area contributed by atoms with Gasteiger partial charge in [0.05, 0.1) is 5.56 Å². The van der Waals surface area contributed by atoms with Crippen LogP contribution in [0.5, 0.6) is 0 Å². The first-order valence-corrected chi connectivity index (χ1v) is 8.45. The van der Waals surface area contributed by atoms with E-state index in [4.69, 9.17) is 0 Å². The Kier molecular flexibility index (Phi) is 4.94. The van der Waals surface area contributed by atoms with Crippen LogP contribution in [0.2, 0.25) is 0 Å². The molecule has 0 aliphatic heterocycles. The molecule has 3 rings (SSSR count). The lowest BCUT2D eigenvalue weighted by Gasteiger charge is -2.09. The maximum atomic E-state index is 13.1. The lowest BCUT2D eigenvalue weighted by atomic mass is 10.1. The summed E-state index contributed by atoms with van der Waals surface area (Å²) in [5.74, 6) is -0.512. The van der Waals surface area contributed by atoms with Crippen molar-refractivity contribution < 1.29 is 14.0 Å². The molecule has 6 heteroatoms. The molecule has 0 heterocycles. The highest BCUT2D eigenvalue weighted by molar-refractivity contribution is 9.10. The van der Waals surface area contributed by atoms with Crippen LogP contribution in [-0.2, 0) is 11.3 Å². The largest absolute Gasteiger partial charge is 0.348 e. The molecular formula is C18H16BrFN2O2. The van der Waals surface area contributed by atoms with Crippen molar-refractivity contribution in [2.45, 2.75) is 19.4 Å². The highest BCUT2D eigenvalue weighted by Gasteiger charge is 2.29. The summed E-state index contributed by atoms with van der Waals surface area (Å²) in [6.07, 6.45) is 1.91. The topological polar surface area (TPSA) is 58.2 Å². The lowest BCUT2D eigenvalue weighted by molar-refractivity contribution is -0.117. The summed E-state index contributed by atoms with van der Waals surface area (Å²) in [5, 5.41) is 5.67. The molecule has 2 aromatic rings. The van der Waals surface area contributed by atoms with Gasteiger partial charge < -0.3 is 10.6 Å². The molecule has 124 valence electrons. The van der Waals surface area contributed by atoms with Gasteiger partial charge >= 0.3 is 0 Å². The van der Waals surface area contributed by atoms with Gasteiger partial charge in [-0.15, -0.1) is 0 Å². The first-order chi connectivity index (χ1) is 11.5. The first-order valence-electron chi connectivity index (χ1n) is 7.66. The van der Waals surface area contributed by atoms with Crippen LogP contribution in [0, 0.1) is 11.7 Å². The van der Waals surface area contributed by atoms with Crippen molar-refractivity contribution >= 4 is 33.4 Å². The highest BCUT2D eigenvalue weighted by Crippen LogP contribution is 2.30. The maximum Gasteiger partial charge on any atom is 0.252 e. The fourth-order valence-corrected chi connectivity index (χ4v) is 2.83. The van der Waals surface area contributed by atoms with E-state index in [9.17, 15) is 14.0 Å². The van der Waals surface area contributed by atoms with Gasteiger partial charge in [0.25, 0.3) is 5.91 Å². The second kappa shape index (κ2) is 7.13. The number of nitrogens with one attached hydrogen (secondary N) is 2. The second-order valence-electron chi connectivity index (χ2n) is 5.77. The third-order valence-electron chi connectivity index (χ3n) is 3.77. The Morgan fingerprint density at radius 2 is 1.96 bits per heavy atom. The van der Waals surface area contributed by atoms with Gasteiger partial charge in [-0.2, -0.15) is 0 Å². The molecule has 0 aromatic heterocycles. The van der Waals surface area contributed by atoms with Crippen LogP contribution >= 0.6 is 15.9 Å². The Labute approximate surface area is 147 Å². The van der Waals surface area contributed by atoms with Crippen LogP contribution < -0.4 is 10.6 Å². The number of carbonyl (C=O) groups excluding carboxylic acids is 2. The zero-order valence-corrected chi connectivity index (χ0v) is 14.4. The van der Waals surface area contributed by atoms with Gasteiger partial charge in [-0.3, -0.25) is 9.59 Å². The summed E-state index contributed by atoms with van der Waals surface area (Å²) in [5.41, 5.74) is 1.96. The molecular weight excluding hydrogens is 375 g/mol. The van der Waals surface area contributed by atoms with Gasteiger partial charge in [0, 0.05) is 22.6 Å². The van der Waals surface area contributed by atoms with E-state index in [2.05, 4.69) is 26.6 Å². The Bertz CT molecular complexity index is 790. The van der Waals surface area contributed by atoms with Crippen molar-refractivity contribution in [2.75, 3.05) is 5.32 Å². The third-order valence-corrected chi connectivity index (χ3v) is 4.43. The zero-order chi connectivity index (χ0) is 17.1. The summed E-state index contributed by atoms with van der Waals surface area (Å²) >= 11 is 3.18. The first kappa shape index (κ1) is 16.6. The summed E-state index contributed by atoms with van der Waals surface area (Å²) in [6, 6.07) is 11.3. The van der Waals surface area contributed by atoms with Crippen LogP contribution in [-0.4, -0.2) is 11.8 Å². The average molecular weight is 391 g/mol. The van der Waals surface area contributed by atoms with Gasteiger partial charge in [0.2, 0.25) is 5.91 Å². The molecule has 24 heavy (non-hydrogen) atoms. The molecule has 2 amide bonds. The minimum Gasteiger partial charge on any atom is -0.348 e. The second-order valence-corrected chi connectivity index (χ2v) is 6.63. The summed E-state index contributed by atoms with van der Waals surface area (Å²) in [4.78, 5) is 24.0. The molecule has 2 N–H and O–H groups in total. The molecule has 1 aliphatic rings. The Morgan fingerprint density at radius 1 is 1.17 bits per heavy atom. The molecule has 4 nitrogen and oxygen atoms in total. The molecule has 1 aliphatic carbocycles. The Hall–Kier alpha value is -2.21. The minimum atomic E-state index is -0.405. The van der Waals surface area contributed by atoms with Crippen LogP contribution in [0.4, 0.5) is 10.1 Å². The van der Waals surface area contributed by atoms with Crippen LogP contribution in [0.1, 0.15) is 28.8 Å². The number of benzene rings is 2. The normalized spacial score (nSPS) is 13.4. The van der Waals surface area contributed by atoms with Crippen LogP contribution in [0.3, 0.4) is 0 Å². The number of hydrogen-bond acceptors (Lipinski definition) is 2. The molecule has 1 saturated carbocycles.